The number of methoxy groups -OCH3 is 1. The Kier molecular flexibility index (Phi) is 5.89. The Morgan fingerprint density at radius 3 is 2.65 bits per heavy atom. The number of furan rings is 1. The van der Waals surface area contributed by atoms with E-state index in [0.717, 1.165) is 37.0 Å². The van der Waals surface area contributed by atoms with E-state index in [9.17, 15) is 9.59 Å². The molecule has 1 aliphatic heterocycles. The van der Waals surface area contributed by atoms with E-state index >= 15 is 0 Å². The molecule has 0 spiro atoms. The molecule has 3 aromatic rings. The van der Waals surface area contributed by atoms with Crippen molar-refractivity contribution in [2.75, 3.05) is 7.11 Å². The van der Waals surface area contributed by atoms with Crippen molar-refractivity contribution in [1.29, 1.82) is 0 Å². The van der Waals surface area contributed by atoms with E-state index in [1.165, 1.54) is 6.42 Å². The Bertz CT molecular complexity index is 1160. The van der Waals surface area contributed by atoms with Crippen LogP contribution in [0.3, 0.4) is 0 Å². The van der Waals surface area contributed by atoms with Crippen LogP contribution in [0.15, 0.2) is 53.1 Å². The highest BCUT2D eigenvalue weighted by atomic mass is 16.5. The number of nitrogens with zero attached hydrogens (tertiary/aromatic N) is 3. The van der Waals surface area contributed by atoms with Gasteiger partial charge in [0.25, 0.3) is 5.91 Å². The number of amides is 2. The molecule has 2 amide bonds. The lowest BCUT2D eigenvalue weighted by Crippen LogP contribution is -2.64. The van der Waals surface area contributed by atoms with Crippen molar-refractivity contribution < 1.29 is 18.7 Å². The number of carbonyl (C=O) groups excluding carboxylic acids is 2. The van der Waals surface area contributed by atoms with Gasteiger partial charge in [0, 0.05) is 11.6 Å². The Hall–Kier alpha value is -3.55. The molecule has 1 fully saturated rings. The van der Waals surface area contributed by atoms with Crippen molar-refractivity contribution in [2.24, 2.45) is 0 Å². The van der Waals surface area contributed by atoms with Crippen molar-refractivity contribution in [3.63, 3.8) is 0 Å². The summed E-state index contributed by atoms with van der Waals surface area (Å²) >= 11 is 0. The van der Waals surface area contributed by atoms with Gasteiger partial charge in [-0.3, -0.25) is 14.3 Å². The number of benzene rings is 1. The first-order valence-corrected chi connectivity index (χ1v) is 11.9. The number of fused-ring (bicyclic) bond motifs is 1. The maximum Gasteiger partial charge on any atom is 0.273 e. The summed E-state index contributed by atoms with van der Waals surface area (Å²) in [6, 6.07) is 13.1. The lowest BCUT2D eigenvalue weighted by Gasteiger charge is -2.43. The second-order valence-corrected chi connectivity index (χ2v) is 9.35. The summed E-state index contributed by atoms with van der Waals surface area (Å²) in [6.07, 6.45) is 6.97. The largest absolute Gasteiger partial charge is 0.497 e. The van der Waals surface area contributed by atoms with Gasteiger partial charge in [-0.1, -0.05) is 19.3 Å². The summed E-state index contributed by atoms with van der Waals surface area (Å²) in [7, 11) is 1.62. The quantitative estimate of drug-likeness (QED) is 0.598. The van der Waals surface area contributed by atoms with E-state index in [-0.39, 0.29) is 30.9 Å². The lowest BCUT2D eigenvalue weighted by atomic mass is 9.91. The van der Waals surface area contributed by atoms with Gasteiger partial charge < -0.3 is 19.4 Å². The first-order valence-electron chi connectivity index (χ1n) is 11.9. The molecule has 1 saturated carbocycles. The topological polar surface area (TPSA) is 89.6 Å². The minimum Gasteiger partial charge on any atom is -0.497 e. The molecule has 0 radical (unpaired) electrons. The molecule has 3 heterocycles. The van der Waals surface area contributed by atoms with Crippen molar-refractivity contribution >= 4 is 11.8 Å². The summed E-state index contributed by atoms with van der Waals surface area (Å²) < 4.78 is 12.4. The smallest absolute Gasteiger partial charge is 0.273 e. The maximum absolute atomic E-state index is 13.7. The number of hydrogen-bond acceptors (Lipinski definition) is 5. The second-order valence-electron chi connectivity index (χ2n) is 9.35. The van der Waals surface area contributed by atoms with Gasteiger partial charge in [0.1, 0.15) is 22.7 Å². The maximum atomic E-state index is 13.7. The molecule has 2 aliphatic rings. The van der Waals surface area contributed by atoms with Crippen molar-refractivity contribution in [1.82, 2.24) is 20.0 Å². The molecule has 1 N–H and O–H groups in total. The standard InChI is InChI=1S/C26H30N4O4/c1-26(25(32)27-19-7-4-3-5-8-19)17-30-23(24(31)29(26)16-21-9-6-14-34-21)15-22(28-30)18-10-12-20(33-2)13-11-18/h6,9-15,19H,3-5,7-8,16-17H2,1-2H3,(H,27,32). The second kappa shape index (κ2) is 9.00. The van der Waals surface area contributed by atoms with Crippen molar-refractivity contribution in [3.8, 4) is 17.0 Å². The summed E-state index contributed by atoms with van der Waals surface area (Å²) in [4.78, 5) is 29.0. The number of rotatable bonds is 6. The fourth-order valence-electron chi connectivity index (χ4n) is 4.94. The van der Waals surface area contributed by atoms with E-state index < -0.39 is 5.54 Å². The first-order chi connectivity index (χ1) is 16.5. The van der Waals surface area contributed by atoms with Crippen molar-refractivity contribution in [2.45, 2.75) is 63.7 Å². The van der Waals surface area contributed by atoms with Gasteiger partial charge in [0.05, 0.1) is 32.2 Å². The van der Waals surface area contributed by atoms with Crippen LogP contribution in [-0.4, -0.2) is 45.2 Å². The minimum absolute atomic E-state index is 0.146. The summed E-state index contributed by atoms with van der Waals surface area (Å²) in [5.41, 5.74) is 0.917. The number of aromatic nitrogens is 2. The van der Waals surface area contributed by atoms with Crippen LogP contribution >= 0.6 is 0 Å². The van der Waals surface area contributed by atoms with Gasteiger partial charge in [-0.2, -0.15) is 5.10 Å². The zero-order chi connectivity index (χ0) is 23.7. The predicted octanol–water partition coefficient (Wildman–Crippen LogP) is 4.02. The highest BCUT2D eigenvalue weighted by molar-refractivity contribution is 6.00. The minimum atomic E-state index is -1.10. The van der Waals surface area contributed by atoms with Crippen LogP contribution in [0.5, 0.6) is 5.75 Å². The van der Waals surface area contributed by atoms with Gasteiger partial charge in [-0.05, 0) is 62.2 Å². The van der Waals surface area contributed by atoms with Gasteiger partial charge >= 0.3 is 0 Å². The van der Waals surface area contributed by atoms with Gasteiger partial charge in [0.15, 0.2) is 0 Å². The predicted molar refractivity (Wildman–Crippen MR) is 126 cm³/mol. The first kappa shape index (κ1) is 22.3. The van der Waals surface area contributed by atoms with Crippen LogP contribution in [0.1, 0.15) is 55.3 Å². The molecule has 8 heteroatoms. The summed E-state index contributed by atoms with van der Waals surface area (Å²) in [6.45, 7) is 2.30. The fraction of sp³-hybridized carbons (Fsp3) is 0.423. The summed E-state index contributed by atoms with van der Waals surface area (Å²) in [5.74, 6) is 0.997. The molecule has 0 saturated heterocycles. The highest BCUT2D eigenvalue weighted by Gasteiger charge is 2.48. The summed E-state index contributed by atoms with van der Waals surface area (Å²) in [5, 5.41) is 7.93. The molecule has 1 aliphatic carbocycles. The normalized spacial score (nSPS) is 20.8. The van der Waals surface area contributed by atoms with Gasteiger partial charge in [0.2, 0.25) is 5.91 Å². The molecule has 2 aromatic heterocycles. The van der Waals surface area contributed by atoms with Crippen LogP contribution in [0.2, 0.25) is 0 Å². The average Bonchev–Trinajstić information content (AvgIpc) is 3.52. The average molecular weight is 463 g/mol. The molecule has 1 unspecified atom stereocenters. The lowest BCUT2D eigenvalue weighted by molar-refractivity contribution is -0.134. The van der Waals surface area contributed by atoms with E-state index in [1.807, 2.05) is 37.3 Å². The molecule has 178 valence electrons. The monoisotopic (exact) mass is 462 g/mol. The van der Waals surface area contributed by atoms with Crippen LogP contribution in [-0.2, 0) is 17.9 Å². The molecular weight excluding hydrogens is 432 g/mol. The number of ether oxygens (including phenoxy) is 1. The van der Waals surface area contributed by atoms with Gasteiger partial charge in [-0.15, -0.1) is 0 Å². The van der Waals surface area contributed by atoms with Crippen LogP contribution < -0.4 is 10.1 Å². The molecule has 5 rings (SSSR count). The molecule has 0 bridgehead atoms. The Balaban J connectivity index is 1.48. The molecule has 8 nitrogen and oxygen atoms in total. The number of nitrogens with one attached hydrogen (secondary N) is 1. The van der Waals surface area contributed by atoms with E-state index in [1.54, 1.807) is 35.1 Å². The fourth-order valence-corrected chi connectivity index (χ4v) is 4.94. The Morgan fingerprint density at radius 1 is 1.21 bits per heavy atom. The Morgan fingerprint density at radius 2 is 1.97 bits per heavy atom. The van der Waals surface area contributed by atoms with Crippen LogP contribution in [0.4, 0.5) is 0 Å². The van der Waals surface area contributed by atoms with E-state index in [0.29, 0.717) is 17.1 Å². The molecule has 1 aromatic carbocycles. The SMILES string of the molecule is COc1ccc(-c2cc3n(n2)CC(C)(C(=O)NC2CCCCC2)N(Cc2ccco2)C3=O)cc1. The highest BCUT2D eigenvalue weighted by Crippen LogP contribution is 2.32. The number of hydrogen-bond donors (Lipinski definition) is 1. The third-order valence-corrected chi connectivity index (χ3v) is 7.01. The van der Waals surface area contributed by atoms with E-state index in [2.05, 4.69) is 5.32 Å². The third kappa shape index (κ3) is 4.08. The van der Waals surface area contributed by atoms with Crippen LogP contribution in [0, 0.1) is 0 Å². The zero-order valence-electron chi connectivity index (χ0n) is 19.6. The van der Waals surface area contributed by atoms with Crippen LogP contribution in [0.25, 0.3) is 11.3 Å². The van der Waals surface area contributed by atoms with Gasteiger partial charge in [-0.25, -0.2) is 0 Å². The Labute approximate surface area is 198 Å². The molecule has 1 atom stereocenters. The zero-order valence-corrected chi connectivity index (χ0v) is 19.6. The number of carbonyl (C=O) groups is 2. The van der Waals surface area contributed by atoms with Crippen molar-refractivity contribution in [3.05, 3.63) is 60.2 Å². The molecular formula is C26H30N4O4. The molecule has 34 heavy (non-hydrogen) atoms. The third-order valence-electron chi connectivity index (χ3n) is 7.01. The van der Waals surface area contributed by atoms with E-state index in [4.69, 9.17) is 14.3 Å².